The summed E-state index contributed by atoms with van der Waals surface area (Å²) in [6.07, 6.45) is 0.619. The summed E-state index contributed by atoms with van der Waals surface area (Å²) in [7, 11) is 6.29. The first-order valence-electron chi connectivity index (χ1n) is 9.94. The smallest absolute Gasteiger partial charge is 0.250 e. The third-order valence-electron chi connectivity index (χ3n) is 5.38. The number of nitrogens with two attached hydrogens (primary N) is 1. The Hall–Kier alpha value is -3.82. The number of anilines is 1. The molecular weight excluding hydrogens is 414 g/mol. The van der Waals surface area contributed by atoms with Crippen LogP contribution in [0, 0.1) is 13.8 Å². The summed E-state index contributed by atoms with van der Waals surface area (Å²) >= 11 is 0. The second kappa shape index (κ2) is 9.13. The molecule has 3 N–H and O–H groups in total. The van der Waals surface area contributed by atoms with E-state index in [-0.39, 0.29) is 23.6 Å². The third kappa shape index (κ3) is 4.16. The average Bonchev–Trinajstić information content (AvgIpc) is 3.08. The highest BCUT2D eigenvalue weighted by atomic mass is 16.5. The molecule has 0 saturated carbocycles. The van der Waals surface area contributed by atoms with Gasteiger partial charge in [-0.15, -0.1) is 5.10 Å². The number of nitrogens with one attached hydrogen (secondary N) is 1. The molecule has 0 fully saturated rings. The van der Waals surface area contributed by atoms with E-state index in [2.05, 4.69) is 15.4 Å². The minimum atomic E-state index is -0.689. The monoisotopic (exact) mass is 441 g/mol. The largest absolute Gasteiger partial charge is 0.493 e. The number of benzene rings is 1. The van der Waals surface area contributed by atoms with Gasteiger partial charge in [-0.25, -0.2) is 9.67 Å². The van der Waals surface area contributed by atoms with E-state index in [0.717, 1.165) is 27.9 Å². The van der Waals surface area contributed by atoms with Gasteiger partial charge in [-0.05, 0) is 37.5 Å². The first-order valence-corrected chi connectivity index (χ1v) is 9.94. The van der Waals surface area contributed by atoms with E-state index < -0.39 is 5.91 Å². The number of carbonyl (C=O) groups excluding carboxylic acids is 2. The molecule has 0 bridgehead atoms. The summed E-state index contributed by atoms with van der Waals surface area (Å²) in [6, 6.07) is 2.96. The molecule has 32 heavy (non-hydrogen) atoms. The van der Waals surface area contributed by atoms with Gasteiger partial charge in [0.1, 0.15) is 0 Å². The van der Waals surface area contributed by atoms with Gasteiger partial charge in [-0.3, -0.25) is 9.59 Å². The van der Waals surface area contributed by atoms with Crippen molar-refractivity contribution in [3.05, 3.63) is 34.5 Å². The van der Waals surface area contributed by atoms with E-state index >= 15 is 0 Å². The Balaban J connectivity index is 1.86. The number of rotatable bonds is 8. The van der Waals surface area contributed by atoms with Crippen LogP contribution in [-0.4, -0.2) is 47.9 Å². The minimum absolute atomic E-state index is 0.131. The number of methoxy groups -OCH3 is 3. The lowest BCUT2D eigenvalue weighted by molar-refractivity contribution is -0.116. The Morgan fingerprint density at radius 1 is 1.09 bits per heavy atom. The third-order valence-corrected chi connectivity index (χ3v) is 5.38. The number of carbonyl (C=O) groups is 2. The standard InChI is InChI=1S/C22H27N5O5/c1-11-13(12(2)24-21-19(11)22(32-6)26-27(21)3)7-8-18(28)25-15-10-17(31-5)16(30-4)9-14(15)20(23)29/h9-10H,7-8H2,1-6H3,(H2,23,29)(H,25,28). The fourth-order valence-corrected chi connectivity index (χ4v) is 3.74. The van der Waals surface area contributed by atoms with Crippen LogP contribution in [0.3, 0.4) is 0 Å². The van der Waals surface area contributed by atoms with E-state index in [4.69, 9.17) is 19.9 Å². The van der Waals surface area contributed by atoms with Gasteiger partial charge < -0.3 is 25.3 Å². The molecule has 10 nitrogen and oxygen atoms in total. The van der Waals surface area contributed by atoms with Crippen LogP contribution in [0.4, 0.5) is 5.69 Å². The second-order valence-corrected chi connectivity index (χ2v) is 7.30. The van der Waals surface area contributed by atoms with Crippen LogP contribution < -0.4 is 25.3 Å². The van der Waals surface area contributed by atoms with Gasteiger partial charge in [-0.2, -0.15) is 0 Å². The summed E-state index contributed by atoms with van der Waals surface area (Å²) in [5.74, 6) is 0.242. The number of hydrogen-bond donors (Lipinski definition) is 2. The van der Waals surface area contributed by atoms with Crippen LogP contribution in [0.25, 0.3) is 11.0 Å². The van der Waals surface area contributed by atoms with E-state index in [9.17, 15) is 9.59 Å². The molecule has 2 amide bonds. The number of fused-ring (bicyclic) bond motifs is 1. The average molecular weight is 441 g/mol. The number of aromatic nitrogens is 3. The molecule has 10 heteroatoms. The van der Waals surface area contributed by atoms with Crippen molar-refractivity contribution in [3.63, 3.8) is 0 Å². The van der Waals surface area contributed by atoms with Gasteiger partial charge in [0.15, 0.2) is 17.1 Å². The van der Waals surface area contributed by atoms with E-state index in [0.29, 0.717) is 23.8 Å². The SMILES string of the molecule is COc1cc(NC(=O)CCc2c(C)nc3c(c(OC)nn3C)c2C)c(C(N)=O)cc1OC. The van der Waals surface area contributed by atoms with Crippen LogP contribution in [0.5, 0.6) is 17.4 Å². The van der Waals surface area contributed by atoms with Crippen LogP contribution in [0.1, 0.15) is 33.6 Å². The minimum Gasteiger partial charge on any atom is -0.493 e. The van der Waals surface area contributed by atoms with Crippen molar-refractivity contribution in [3.8, 4) is 17.4 Å². The highest BCUT2D eigenvalue weighted by Gasteiger charge is 2.20. The highest BCUT2D eigenvalue weighted by molar-refractivity contribution is 6.04. The normalized spacial score (nSPS) is 10.8. The summed E-state index contributed by atoms with van der Waals surface area (Å²) < 4.78 is 17.5. The predicted molar refractivity (Wildman–Crippen MR) is 120 cm³/mol. The van der Waals surface area contributed by atoms with E-state index in [1.165, 1.54) is 26.4 Å². The topological polar surface area (TPSA) is 131 Å². The Morgan fingerprint density at radius 3 is 2.34 bits per heavy atom. The fraction of sp³-hybridized carbons (Fsp3) is 0.364. The first kappa shape index (κ1) is 22.9. The highest BCUT2D eigenvalue weighted by Crippen LogP contribution is 2.34. The van der Waals surface area contributed by atoms with Crippen LogP contribution in [-0.2, 0) is 18.3 Å². The van der Waals surface area contributed by atoms with Gasteiger partial charge in [0.05, 0.1) is 38.0 Å². The predicted octanol–water partition coefficient (Wildman–Crippen LogP) is 2.28. The maximum Gasteiger partial charge on any atom is 0.250 e. The summed E-state index contributed by atoms with van der Waals surface area (Å²) in [5.41, 5.74) is 9.32. The maximum absolute atomic E-state index is 12.7. The van der Waals surface area contributed by atoms with Crippen molar-refractivity contribution < 1.29 is 23.8 Å². The lowest BCUT2D eigenvalue weighted by Gasteiger charge is -2.15. The molecule has 2 heterocycles. The number of hydrogen-bond acceptors (Lipinski definition) is 7. The Morgan fingerprint density at radius 2 is 1.75 bits per heavy atom. The van der Waals surface area contributed by atoms with E-state index in [1.54, 1.807) is 11.8 Å². The van der Waals surface area contributed by atoms with E-state index in [1.807, 2.05) is 20.9 Å². The van der Waals surface area contributed by atoms with Crippen LogP contribution >= 0.6 is 0 Å². The fourth-order valence-electron chi connectivity index (χ4n) is 3.74. The molecule has 0 atom stereocenters. The Bertz CT molecular complexity index is 1200. The van der Waals surface area contributed by atoms with Crippen LogP contribution in [0.2, 0.25) is 0 Å². The first-order chi connectivity index (χ1) is 15.2. The van der Waals surface area contributed by atoms with Crippen molar-refractivity contribution in [1.29, 1.82) is 0 Å². The molecule has 0 aliphatic heterocycles. The quantitative estimate of drug-likeness (QED) is 0.548. The van der Waals surface area contributed by atoms with Gasteiger partial charge in [0.2, 0.25) is 11.8 Å². The second-order valence-electron chi connectivity index (χ2n) is 7.30. The molecule has 3 aromatic rings. The molecule has 0 aliphatic rings. The number of amides is 2. The number of pyridine rings is 1. The number of aryl methyl sites for hydroxylation is 3. The molecular formula is C22H27N5O5. The molecule has 0 spiro atoms. The number of primary amides is 1. The van der Waals surface area contributed by atoms with Crippen molar-refractivity contribution in [1.82, 2.24) is 14.8 Å². The number of nitrogens with zero attached hydrogens (tertiary/aromatic N) is 3. The number of ether oxygens (including phenoxy) is 3. The van der Waals surface area contributed by atoms with Gasteiger partial charge >= 0.3 is 0 Å². The zero-order chi connectivity index (χ0) is 23.6. The van der Waals surface area contributed by atoms with Gasteiger partial charge in [0, 0.05) is 25.2 Å². The zero-order valence-corrected chi connectivity index (χ0v) is 19.0. The van der Waals surface area contributed by atoms with Crippen molar-refractivity contribution in [2.24, 2.45) is 12.8 Å². The summed E-state index contributed by atoms with van der Waals surface area (Å²) in [6.45, 7) is 3.87. The zero-order valence-electron chi connectivity index (χ0n) is 19.0. The molecule has 1 aromatic carbocycles. The molecule has 0 radical (unpaired) electrons. The lowest BCUT2D eigenvalue weighted by atomic mass is 10.00. The molecule has 0 unspecified atom stereocenters. The summed E-state index contributed by atoms with van der Waals surface area (Å²) in [5, 5.41) is 7.93. The lowest BCUT2D eigenvalue weighted by Crippen LogP contribution is -2.19. The summed E-state index contributed by atoms with van der Waals surface area (Å²) in [4.78, 5) is 29.2. The van der Waals surface area contributed by atoms with Crippen molar-refractivity contribution >= 4 is 28.5 Å². The molecule has 2 aromatic heterocycles. The van der Waals surface area contributed by atoms with Gasteiger partial charge in [0.25, 0.3) is 5.91 Å². The van der Waals surface area contributed by atoms with Crippen molar-refractivity contribution in [2.75, 3.05) is 26.6 Å². The van der Waals surface area contributed by atoms with Gasteiger partial charge in [-0.1, -0.05) is 0 Å². The molecule has 170 valence electrons. The maximum atomic E-state index is 12.7. The van der Waals surface area contributed by atoms with Crippen LogP contribution in [0.15, 0.2) is 12.1 Å². The molecule has 3 rings (SSSR count). The Labute approximate surface area is 185 Å². The van der Waals surface area contributed by atoms with Crippen molar-refractivity contribution in [2.45, 2.75) is 26.7 Å². The molecule has 0 aliphatic carbocycles. The Kier molecular flexibility index (Phi) is 6.52. The molecule has 0 saturated heterocycles.